The first-order valence-electron chi connectivity index (χ1n) is 8.62. The first-order chi connectivity index (χ1) is 10.8. The second-order valence-electron chi connectivity index (χ2n) is 7.07. The number of carbonyl (C=O) groups is 1. The number of piperidine rings is 1. The molecule has 1 aliphatic carbocycles. The molecular weight excluding hydrogens is 316 g/mol. The van der Waals surface area contributed by atoms with Crippen LogP contribution in [0.15, 0.2) is 0 Å². The topological polar surface area (TPSA) is 105 Å². The Kier molecular flexibility index (Phi) is 6.82. The van der Waals surface area contributed by atoms with E-state index in [0.29, 0.717) is 25.0 Å². The lowest BCUT2D eigenvalue weighted by Crippen LogP contribution is -2.49. The van der Waals surface area contributed by atoms with E-state index in [1.165, 1.54) is 19.3 Å². The van der Waals surface area contributed by atoms with Crippen LogP contribution in [0.4, 0.5) is 0 Å². The molecule has 2 rings (SSSR count). The number of hydrogen-bond donors (Lipinski definition) is 3. The molecule has 1 saturated heterocycles. The van der Waals surface area contributed by atoms with Gasteiger partial charge in [0.25, 0.3) is 10.2 Å². The molecule has 8 heteroatoms. The van der Waals surface area contributed by atoms with Gasteiger partial charge in [-0.2, -0.15) is 8.42 Å². The maximum absolute atomic E-state index is 12.3. The van der Waals surface area contributed by atoms with Crippen molar-refractivity contribution in [3.8, 4) is 0 Å². The van der Waals surface area contributed by atoms with Crippen molar-refractivity contribution >= 4 is 16.1 Å². The molecule has 0 spiro atoms. The highest BCUT2D eigenvalue weighted by Gasteiger charge is 2.25. The van der Waals surface area contributed by atoms with Gasteiger partial charge in [0.2, 0.25) is 5.91 Å². The summed E-state index contributed by atoms with van der Waals surface area (Å²) in [5.41, 5.74) is 0. The average molecular weight is 346 g/mol. The average Bonchev–Trinajstić information content (AvgIpc) is 2.47. The highest BCUT2D eigenvalue weighted by Crippen LogP contribution is 2.23. The van der Waals surface area contributed by atoms with Gasteiger partial charge in [0.15, 0.2) is 0 Å². The van der Waals surface area contributed by atoms with Gasteiger partial charge in [-0.05, 0) is 44.1 Å². The SMILES string of the molecule is C[C@@H]1CCCC[C@H]1NC(=O)CN1CCC[C@H](CNS(N)(=O)=O)C1. The van der Waals surface area contributed by atoms with Gasteiger partial charge < -0.3 is 5.32 Å². The summed E-state index contributed by atoms with van der Waals surface area (Å²) in [6.45, 7) is 4.57. The van der Waals surface area contributed by atoms with E-state index in [-0.39, 0.29) is 11.8 Å². The van der Waals surface area contributed by atoms with Crippen LogP contribution < -0.4 is 15.2 Å². The Morgan fingerprint density at radius 3 is 2.65 bits per heavy atom. The lowest BCUT2D eigenvalue weighted by atomic mass is 9.86. The summed E-state index contributed by atoms with van der Waals surface area (Å²) in [6, 6.07) is 0.306. The minimum absolute atomic E-state index is 0.0869. The van der Waals surface area contributed by atoms with Gasteiger partial charge in [-0.25, -0.2) is 9.86 Å². The molecule has 1 aliphatic heterocycles. The maximum Gasteiger partial charge on any atom is 0.274 e. The molecule has 3 atom stereocenters. The van der Waals surface area contributed by atoms with Crippen molar-refractivity contribution in [1.29, 1.82) is 0 Å². The van der Waals surface area contributed by atoms with E-state index >= 15 is 0 Å². The van der Waals surface area contributed by atoms with Gasteiger partial charge in [-0.15, -0.1) is 0 Å². The number of nitrogens with zero attached hydrogens (tertiary/aromatic N) is 1. The van der Waals surface area contributed by atoms with Gasteiger partial charge in [-0.3, -0.25) is 9.69 Å². The maximum atomic E-state index is 12.3. The first-order valence-corrected chi connectivity index (χ1v) is 10.2. The van der Waals surface area contributed by atoms with Crippen LogP contribution in [-0.4, -0.2) is 51.4 Å². The van der Waals surface area contributed by atoms with E-state index in [1.54, 1.807) is 0 Å². The van der Waals surface area contributed by atoms with Crippen LogP contribution in [0, 0.1) is 11.8 Å². The highest BCUT2D eigenvalue weighted by molar-refractivity contribution is 7.87. The standard InChI is InChI=1S/C15H30N4O3S/c1-12-5-2-3-7-14(12)18-15(20)11-19-8-4-6-13(10-19)9-17-23(16,21)22/h12-14,17H,2-11H2,1H3,(H,18,20)(H2,16,21,22)/t12-,13-,14-/m1/s1. The molecule has 0 aromatic heterocycles. The van der Waals surface area contributed by atoms with Gasteiger partial charge in [0.05, 0.1) is 6.54 Å². The molecule has 1 heterocycles. The molecule has 23 heavy (non-hydrogen) atoms. The lowest BCUT2D eigenvalue weighted by Gasteiger charge is -2.34. The molecule has 2 fully saturated rings. The Bertz CT molecular complexity index is 497. The quantitative estimate of drug-likeness (QED) is 0.638. The van der Waals surface area contributed by atoms with E-state index in [1.807, 2.05) is 0 Å². The minimum Gasteiger partial charge on any atom is -0.352 e. The number of nitrogens with two attached hydrogens (primary N) is 1. The van der Waals surface area contributed by atoms with Crippen molar-refractivity contribution in [2.24, 2.45) is 17.0 Å². The largest absolute Gasteiger partial charge is 0.352 e. The summed E-state index contributed by atoms with van der Waals surface area (Å²) in [4.78, 5) is 14.4. The zero-order valence-electron chi connectivity index (χ0n) is 14.0. The van der Waals surface area contributed by atoms with Crippen LogP contribution in [0.2, 0.25) is 0 Å². The van der Waals surface area contributed by atoms with Crippen LogP contribution in [0.25, 0.3) is 0 Å². The summed E-state index contributed by atoms with van der Waals surface area (Å²) in [7, 11) is -3.64. The fourth-order valence-electron chi connectivity index (χ4n) is 3.68. The van der Waals surface area contributed by atoms with Crippen molar-refractivity contribution in [3.05, 3.63) is 0 Å². The van der Waals surface area contributed by atoms with E-state index in [0.717, 1.165) is 32.4 Å². The van der Waals surface area contributed by atoms with Crippen LogP contribution in [0.5, 0.6) is 0 Å². The van der Waals surface area contributed by atoms with Crippen LogP contribution >= 0.6 is 0 Å². The lowest BCUT2D eigenvalue weighted by molar-refractivity contribution is -0.123. The van der Waals surface area contributed by atoms with E-state index in [4.69, 9.17) is 5.14 Å². The number of likely N-dealkylation sites (tertiary alicyclic amines) is 1. The summed E-state index contributed by atoms with van der Waals surface area (Å²) < 4.78 is 24.3. The van der Waals surface area contributed by atoms with Crippen LogP contribution in [0.1, 0.15) is 45.4 Å². The molecule has 1 saturated carbocycles. The predicted molar refractivity (Wildman–Crippen MR) is 89.8 cm³/mol. The van der Waals surface area contributed by atoms with Crippen LogP contribution in [0.3, 0.4) is 0 Å². The number of rotatable bonds is 6. The van der Waals surface area contributed by atoms with Crippen molar-refractivity contribution in [2.45, 2.75) is 51.5 Å². The summed E-state index contributed by atoms with van der Waals surface area (Å²) >= 11 is 0. The van der Waals surface area contributed by atoms with E-state index in [9.17, 15) is 13.2 Å². The Hall–Kier alpha value is -0.700. The summed E-state index contributed by atoms with van der Waals surface area (Å²) in [6.07, 6.45) is 6.66. The van der Waals surface area contributed by atoms with Gasteiger partial charge in [0.1, 0.15) is 0 Å². The normalized spacial score (nSPS) is 30.1. The molecule has 0 aromatic rings. The molecule has 7 nitrogen and oxygen atoms in total. The third-order valence-corrected chi connectivity index (χ3v) is 5.57. The number of nitrogens with one attached hydrogen (secondary N) is 2. The first kappa shape index (κ1) is 18.6. The van der Waals surface area contributed by atoms with Gasteiger partial charge >= 0.3 is 0 Å². The van der Waals surface area contributed by atoms with Crippen molar-refractivity contribution in [2.75, 3.05) is 26.2 Å². The second-order valence-corrected chi connectivity index (χ2v) is 8.45. The monoisotopic (exact) mass is 346 g/mol. The van der Waals surface area contributed by atoms with Crippen molar-refractivity contribution < 1.29 is 13.2 Å². The zero-order valence-corrected chi connectivity index (χ0v) is 14.8. The van der Waals surface area contributed by atoms with E-state index < -0.39 is 10.2 Å². The third-order valence-electron chi connectivity index (χ3n) is 5.00. The molecule has 134 valence electrons. The smallest absolute Gasteiger partial charge is 0.274 e. The third kappa shape index (κ3) is 6.74. The van der Waals surface area contributed by atoms with Crippen LogP contribution in [-0.2, 0) is 15.0 Å². The molecule has 2 aliphatic rings. The Morgan fingerprint density at radius 1 is 1.22 bits per heavy atom. The fraction of sp³-hybridized carbons (Fsp3) is 0.933. The molecule has 0 aromatic carbocycles. The van der Waals surface area contributed by atoms with Crippen molar-refractivity contribution in [1.82, 2.24) is 14.9 Å². The zero-order chi connectivity index (χ0) is 16.9. The van der Waals surface area contributed by atoms with Gasteiger partial charge in [0, 0.05) is 19.1 Å². The number of carbonyl (C=O) groups excluding carboxylic acids is 1. The molecule has 4 N–H and O–H groups in total. The Labute approximate surface area is 139 Å². The molecule has 0 radical (unpaired) electrons. The molecule has 0 bridgehead atoms. The Balaban J connectivity index is 1.74. The Morgan fingerprint density at radius 2 is 1.96 bits per heavy atom. The molecular formula is C15H30N4O3S. The highest BCUT2D eigenvalue weighted by atomic mass is 32.2. The fourth-order valence-corrected chi connectivity index (χ4v) is 4.15. The minimum atomic E-state index is -3.64. The second kappa shape index (κ2) is 8.41. The van der Waals surface area contributed by atoms with E-state index in [2.05, 4.69) is 21.9 Å². The predicted octanol–water partition coefficient (Wildman–Crippen LogP) is 0.186. The summed E-state index contributed by atoms with van der Waals surface area (Å²) in [5, 5.41) is 8.14. The van der Waals surface area contributed by atoms with Crippen molar-refractivity contribution in [3.63, 3.8) is 0 Å². The number of hydrogen-bond acceptors (Lipinski definition) is 4. The summed E-state index contributed by atoms with van der Waals surface area (Å²) in [5.74, 6) is 0.855. The molecule has 1 amide bonds. The van der Waals surface area contributed by atoms with Gasteiger partial charge in [-0.1, -0.05) is 19.8 Å². The molecule has 0 unspecified atom stereocenters. The number of amides is 1.